The Labute approximate surface area is 93.2 Å². The first-order valence-corrected chi connectivity index (χ1v) is 4.70. The lowest BCUT2D eigenvalue weighted by molar-refractivity contribution is 1.32. The summed E-state index contributed by atoms with van der Waals surface area (Å²) in [5.74, 6) is 0. The number of pyridine rings is 1. The summed E-state index contributed by atoms with van der Waals surface area (Å²) in [6.45, 7) is 0. The van der Waals surface area contributed by atoms with Crippen LogP contribution in [0.25, 0.3) is 11.1 Å². The van der Waals surface area contributed by atoms with Gasteiger partial charge in [-0.2, -0.15) is 10.5 Å². The van der Waals surface area contributed by atoms with Gasteiger partial charge in [0.1, 0.15) is 12.1 Å². The highest BCUT2D eigenvalue weighted by Crippen LogP contribution is 2.24. The lowest BCUT2D eigenvalue weighted by Crippen LogP contribution is -1.89. The second kappa shape index (κ2) is 4.25. The Morgan fingerprint density at radius 1 is 1.00 bits per heavy atom. The normalized spacial score (nSPS) is 9.12. The molecule has 0 saturated carbocycles. The third kappa shape index (κ3) is 1.63. The van der Waals surface area contributed by atoms with E-state index in [4.69, 9.17) is 10.5 Å². The summed E-state index contributed by atoms with van der Waals surface area (Å²) >= 11 is 0. The van der Waals surface area contributed by atoms with Crippen molar-refractivity contribution in [2.24, 2.45) is 0 Å². The molecule has 0 unspecified atom stereocenters. The minimum atomic E-state index is 0.392. The monoisotopic (exact) mass is 205 g/mol. The van der Waals surface area contributed by atoms with Gasteiger partial charge in [0.25, 0.3) is 0 Å². The van der Waals surface area contributed by atoms with Crippen molar-refractivity contribution in [3.05, 3.63) is 53.9 Å². The van der Waals surface area contributed by atoms with Crippen LogP contribution < -0.4 is 0 Å². The summed E-state index contributed by atoms with van der Waals surface area (Å²) in [5, 5.41) is 18.0. The predicted molar refractivity (Wildman–Crippen MR) is 59.1 cm³/mol. The Kier molecular flexibility index (Phi) is 2.63. The van der Waals surface area contributed by atoms with Crippen LogP contribution in [0.3, 0.4) is 0 Å². The van der Waals surface area contributed by atoms with Gasteiger partial charge in [-0.25, -0.2) is 0 Å². The number of nitriles is 2. The van der Waals surface area contributed by atoms with Crippen LogP contribution in [0.4, 0.5) is 0 Å². The van der Waals surface area contributed by atoms with Crippen LogP contribution in [-0.4, -0.2) is 4.98 Å². The van der Waals surface area contributed by atoms with Crippen molar-refractivity contribution in [1.82, 2.24) is 4.98 Å². The number of rotatable bonds is 1. The molecule has 0 aliphatic carbocycles. The summed E-state index contributed by atoms with van der Waals surface area (Å²) < 4.78 is 0. The summed E-state index contributed by atoms with van der Waals surface area (Å²) in [5.41, 5.74) is 2.38. The molecule has 1 aromatic carbocycles. The highest BCUT2D eigenvalue weighted by Gasteiger charge is 2.08. The van der Waals surface area contributed by atoms with Gasteiger partial charge in [0.2, 0.25) is 0 Å². The van der Waals surface area contributed by atoms with E-state index in [0.717, 1.165) is 11.1 Å². The van der Waals surface area contributed by atoms with E-state index in [1.807, 2.05) is 18.2 Å². The number of benzene rings is 1. The van der Waals surface area contributed by atoms with Gasteiger partial charge < -0.3 is 0 Å². The highest BCUT2D eigenvalue weighted by atomic mass is 14.6. The SMILES string of the molecule is N#Cc1cccc(-c2cccnc2)c1C#N. The van der Waals surface area contributed by atoms with Crippen LogP contribution in [-0.2, 0) is 0 Å². The maximum Gasteiger partial charge on any atom is 0.101 e. The Bertz CT molecular complexity index is 589. The van der Waals surface area contributed by atoms with Gasteiger partial charge in [-0.3, -0.25) is 4.98 Å². The fraction of sp³-hybridized carbons (Fsp3) is 0. The Morgan fingerprint density at radius 2 is 1.88 bits per heavy atom. The molecule has 1 heterocycles. The third-order valence-corrected chi connectivity index (χ3v) is 2.27. The minimum Gasteiger partial charge on any atom is -0.264 e. The lowest BCUT2D eigenvalue weighted by Gasteiger charge is -2.04. The maximum absolute atomic E-state index is 9.07. The van der Waals surface area contributed by atoms with Gasteiger partial charge in [0.05, 0.1) is 11.1 Å². The third-order valence-electron chi connectivity index (χ3n) is 2.27. The van der Waals surface area contributed by atoms with Gasteiger partial charge >= 0.3 is 0 Å². The second-order valence-electron chi connectivity index (χ2n) is 3.19. The molecule has 0 spiro atoms. The summed E-state index contributed by atoms with van der Waals surface area (Å²) in [7, 11) is 0. The van der Waals surface area contributed by atoms with E-state index in [0.29, 0.717) is 11.1 Å². The van der Waals surface area contributed by atoms with Gasteiger partial charge in [0.15, 0.2) is 0 Å². The first kappa shape index (κ1) is 9.89. The van der Waals surface area contributed by atoms with Crippen molar-refractivity contribution in [1.29, 1.82) is 10.5 Å². The summed E-state index contributed by atoms with van der Waals surface area (Å²) in [4.78, 5) is 4.00. The predicted octanol–water partition coefficient (Wildman–Crippen LogP) is 2.49. The minimum absolute atomic E-state index is 0.392. The van der Waals surface area contributed by atoms with E-state index in [1.165, 1.54) is 0 Å². The molecule has 0 aliphatic heterocycles. The molecular weight excluding hydrogens is 198 g/mol. The van der Waals surface area contributed by atoms with Crippen molar-refractivity contribution in [3.63, 3.8) is 0 Å². The van der Waals surface area contributed by atoms with E-state index in [9.17, 15) is 0 Å². The molecule has 0 fully saturated rings. The molecule has 0 N–H and O–H groups in total. The summed E-state index contributed by atoms with van der Waals surface area (Å²) in [6, 6.07) is 13.0. The van der Waals surface area contributed by atoms with Crippen LogP contribution in [0.5, 0.6) is 0 Å². The molecule has 0 amide bonds. The average Bonchev–Trinajstić information content (AvgIpc) is 2.38. The van der Waals surface area contributed by atoms with Gasteiger partial charge in [-0.1, -0.05) is 18.2 Å². The van der Waals surface area contributed by atoms with Crippen molar-refractivity contribution in [2.75, 3.05) is 0 Å². The fourth-order valence-electron chi connectivity index (χ4n) is 1.53. The molecule has 74 valence electrons. The van der Waals surface area contributed by atoms with E-state index in [1.54, 1.807) is 30.6 Å². The topological polar surface area (TPSA) is 60.5 Å². The zero-order chi connectivity index (χ0) is 11.4. The van der Waals surface area contributed by atoms with E-state index in [-0.39, 0.29) is 0 Å². The highest BCUT2D eigenvalue weighted by molar-refractivity contribution is 5.72. The van der Waals surface area contributed by atoms with Crippen molar-refractivity contribution < 1.29 is 0 Å². The fourth-order valence-corrected chi connectivity index (χ4v) is 1.53. The zero-order valence-corrected chi connectivity index (χ0v) is 8.38. The second-order valence-corrected chi connectivity index (χ2v) is 3.19. The van der Waals surface area contributed by atoms with Crippen LogP contribution in [0.1, 0.15) is 11.1 Å². The van der Waals surface area contributed by atoms with Crippen LogP contribution in [0.2, 0.25) is 0 Å². The molecule has 3 nitrogen and oxygen atoms in total. The van der Waals surface area contributed by atoms with Crippen LogP contribution in [0, 0.1) is 22.7 Å². The molecule has 0 bridgehead atoms. The molecule has 0 atom stereocenters. The maximum atomic E-state index is 9.07. The van der Waals surface area contributed by atoms with Gasteiger partial charge in [0, 0.05) is 23.5 Å². The van der Waals surface area contributed by atoms with E-state index >= 15 is 0 Å². The Balaban J connectivity index is 2.69. The molecule has 0 radical (unpaired) electrons. The van der Waals surface area contributed by atoms with Crippen molar-refractivity contribution in [2.45, 2.75) is 0 Å². The first-order valence-electron chi connectivity index (χ1n) is 4.70. The standard InChI is InChI=1S/C13H7N3/c14-7-10-3-1-5-12(13(10)8-15)11-4-2-6-16-9-11/h1-6,9H. The molecule has 0 saturated heterocycles. The summed E-state index contributed by atoms with van der Waals surface area (Å²) in [6.07, 6.45) is 3.35. The zero-order valence-electron chi connectivity index (χ0n) is 8.38. The Hall–Kier alpha value is -2.65. The quantitative estimate of drug-likeness (QED) is 0.718. The molecule has 2 aromatic rings. The molecular formula is C13H7N3. The number of hydrogen-bond acceptors (Lipinski definition) is 3. The number of aromatic nitrogens is 1. The first-order chi connectivity index (χ1) is 7.86. The average molecular weight is 205 g/mol. The Morgan fingerprint density at radius 3 is 2.50 bits per heavy atom. The smallest absolute Gasteiger partial charge is 0.101 e. The van der Waals surface area contributed by atoms with Gasteiger partial charge in [-0.15, -0.1) is 0 Å². The molecule has 3 heteroatoms. The molecule has 0 aliphatic rings. The lowest BCUT2D eigenvalue weighted by atomic mass is 9.98. The molecule has 16 heavy (non-hydrogen) atoms. The number of nitrogens with zero attached hydrogens (tertiary/aromatic N) is 3. The molecule has 1 aromatic heterocycles. The van der Waals surface area contributed by atoms with Crippen molar-refractivity contribution in [3.8, 4) is 23.3 Å². The molecule has 2 rings (SSSR count). The number of hydrogen-bond donors (Lipinski definition) is 0. The van der Waals surface area contributed by atoms with E-state index < -0.39 is 0 Å². The van der Waals surface area contributed by atoms with Crippen LogP contribution in [0.15, 0.2) is 42.7 Å². The van der Waals surface area contributed by atoms with Crippen LogP contribution >= 0.6 is 0 Å². The van der Waals surface area contributed by atoms with E-state index in [2.05, 4.69) is 11.1 Å². The van der Waals surface area contributed by atoms with Crippen molar-refractivity contribution >= 4 is 0 Å². The van der Waals surface area contributed by atoms with Gasteiger partial charge in [-0.05, 0) is 12.1 Å². The largest absolute Gasteiger partial charge is 0.264 e.